The number of nitrogens with one attached hydrogen (secondary N) is 1. The van der Waals surface area contributed by atoms with Gasteiger partial charge in [-0.15, -0.1) is 0 Å². The van der Waals surface area contributed by atoms with Gasteiger partial charge < -0.3 is 4.90 Å². The first-order chi connectivity index (χ1) is 9.06. The van der Waals surface area contributed by atoms with Crippen molar-refractivity contribution in [2.24, 2.45) is 5.84 Å². The van der Waals surface area contributed by atoms with Crippen molar-refractivity contribution in [1.82, 2.24) is 15.2 Å². The molecule has 0 heterocycles. The van der Waals surface area contributed by atoms with Crippen molar-refractivity contribution >= 4 is 5.91 Å². The van der Waals surface area contributed by atoms with E-state index < -0.39 is 0 Å². The van der Waals surface area contributed by atoms with E-state index in [0.29, 0.717) is 0 Å². The van der Waals surface area contributed by atoms with E-state index in [1.165, 1.54) is 0 Å². The molecule has 1 rings (SSSR count). The fourth-order valence-corrected chi connectivity index (χ4v) is 2.09. The molecule has 1 aromatic carbocycles. The molecule has 1 amide bonds. The lowest BCUT2D eigenvalue weighted by atomic mass is 10.0. The zero-order valence-electron chi connectivity index (χ0n) is 12.0. The van der Waals surface area contributed by atoms with Crippen LogP contribution >= 0.6 is 0 Å². The molecule has 0 aliphatic heterocycles. The zero-order chi connectivity index (χ0) is 14.3. The second-order valence-corrected chi connectivity index (χ2v) is 4.96. The molecule has 19 heavy (non-hydrogen) atoms. The lowest BCUT2D eigenvalue weighted by Crippen LogP contribution is -2.42. The van der Waals surface area contributed by atoms with Crippen LogP contribution < -0.4 is 11.3 Å². The molecule has 0 aliphatic carbocycles. The second-order valence-electron chi connectivity index (χ2n) is 4.96. The molecule has 0 fully saturated rings. The first-order valence-corrected chi connectivity index (χ1v) is 6.46. The van der Waals surface area contributed by atoms with E-state index in [1.54, 1.807) is 0 Å². The van der Waals surface area contributed by atoms with Crippen LogP contribution in [0, 0.1) is 0 Å². The van der Waals surface area contributed by atoms with Crippen molar-refractivity contribution < 1.29 is 4.79 Å². The number of hydrogen-bond acceptors (Lipinski definition) is 4. The highest BCUT2D eigenvalue weighted by molar-refractivity contribution is 5.82. The summed E-state index contributed by atoms with van der Waals surface area (Å²) in [6.45, 7) is 1.83. The van der Waals surface area contributed by atoms with Crippen molar-refractivity contribution in [3.63, 3.8) is 0 Å². The van der Waals surface area contributed by atoms with Gasteiger partial charge in [0.1, 0.15) is 6.04 Å². The minimum Gasteiger partial charge on any atom is -0.309 e. The van der Waals surface area contributed by atoms with Crippen molar-refractivity contribution in [1.29, 1.82) is 0 Å². The van der Waals surface area contributed by atoms with E-state index in [1.807, 2.05) is 56.4 Å². The van der Waals surface area contributed by atoms with Gasteiger partial charge in [0.2, 0.25) is 0 Å². The average molecular weight is 264 g/mol. The Morgan fingerprint density at radius 1 is 1.21 bits per heavy atom. The van der Waals surface area contributed by atoms with E-state index >= 15 is 0 Å². The minimum absolute atomic E-state index is 0.182. The van der Waals surface area contributed by atoms with Gasteiger partial charge in [0.15, 0.2) is 0 Å². The maximum absolute atomic E-state index is 12.0. The van der Waals surface area contributed by atoms with Gasteiger partial charge in [-0.2, -0.15) is 0 Å². The molecule has 0 radical (unpaired) electrons. The number of likely N-dealkylation sites (N-methyl/N-ethyl adjacent to an activating group) is 1. The Bertz CT molecular complexity index is 380. The first kappa shape index (κ1) is 15.6. The SMILES string of the molecule is CN(C)CCCN(C)C(C(=O)NN)c1ccccc1. The number of nitrogens with two attached hydrogens (primary N) is 1. The molecular weight excluding hydrogens is 240 g/mol. The lowest BCUT2D eigenvalue weighted by molar-refractivity contribution is -0.126. The highest BCUT2D eigenvalue weighted by atomic mass is 16.2. The van der Waals surface area contributed by atoms with Crippen LogP contribution in [0.25, 0.3) is 0 Å². The monoisotopic (exact) mass is 264 g/mol. The summed E-state index contributed by atoms with van der Waals surface area (Å²) in [6, 6.07) is 9.35. The molecule has 0 spiro atoms. The standard InChI is InChI=1S/C14H24N4O/c1-17(2)10-7-11-18(3)13(14(19)16-15)12-8-5-4-6-9-12/h4-6,8-9,13H,7,10-11,15H2,1-3H3,(H,16,19). The van der Waals surface area contributed by atoms with Crippen LogP contribution in [-0.4, -0.2) is 49.9 Å². The number of carbonyl (C=O) groups excluding carboxylic acids is 1. The van der Waals surface area contributed by atoms with Gasteiger partial charge in [-0.1, -0.05) is 30.3 Å². The molecule has 5 nitrogen and oxygen atoms in total. The summed E-state index contributed by atoms with van der Waals surface area (Å²) in [5, 5.41) is 0. The third-order valence-electron chi connectivity index (χ3n) is 3.06. The van der Waals surface area contributed by atoms with E-state index in [2.05, 4.69) is 10.3 Å². The number of amides is 1. The van der Waals surface area contributed by atoms with Gasteiger partial charge in [0, 0.05) is 6.54 Å². The summed E-state index contributed by atoms with van der Waals surface area (Å²) in [6.07, 6.45) is 1.00. The third kappa shape index (κ3) is 4.98. The molecule has 1 unspecified atom stereocenters. The van der Waals surface area contributed by atoms with Crippen LogP contribution in [0.4, 0.5) is 0 Å². The summed E-state index contributed by atoms with van der Waals surface area (Å²) in [7, 11) is 6.03. The maximum Gasteiger partial charge on any atom is 0.255 e. The number of rotatable bonds is 7. The van der Waals surface area contributed by atoms with E-state index in [4.69, 9.17) is 5.84 Å². The molecule has 0 saturated carbocycles. The van der Waals surface area contributed by atoms with E-state index in [0.717, 1.165) is 25.1 Å². The van der Waals surface area contributed by atoms with Crippen molar-refractivity contribution in [3.05, 3.63) is 35.9 Å². The number of hydrogen-bond donors (Lipinski definition) is 2. The van der Waals surface area contributed by atoms with Crippen molar-refractivity contribution in [2.75, 3.05) is 34.2 Å². The Labute approximate surface area is 115 Å². The minimum atomic E-state index is -0.339. The first-order valence-electron chi connectivity index (χ1n) is 6.46. The van der Waals surface area contributed by atoms with E-state index in [9.17, 15) is 4.79 Å². The molecule has 0 aliphatic rings. The predicted molar refractivity (Wildman–Crippen MR) is 77.3 cm³/mol. The molecule has 0 bridgehead atoms. The van der Waals surface area contributed by atoms with Gasteiger partial charge in [-0.05, 0) is 39.7 Å². The smallest absolute Gasteiger partial charge is 0.255 e. The molecule has 3 N–H and O–H groups in total. The van der Waals surface area contributed by atoms with Crippen LogP contribution in [-0.2, 0) is 4.79 Å². The van der Waals surface area contributed by atoms with Gasteiger partial charge in [0.05, 0.1) is 0 Å². The van der Waals surface area contributed by atoms with Crippen LogP contribution in [0.1, 0.15) is 18.0 Å². The Kier molecular flexibility index (Phi) is 6.49. The highest BCUT2D eigenvalue weighted by Gasteiger charge is 2.23. The van der Waals surface area contributed by atoms with Gasteiger partial charge in [0.25, 0.3) is 5.91 Å². The number of hydrazine groups is 1. The summed E-state index contributed by atoms with van der Waals surface area (Å²) >= 11 is 0. The quantitative estimate of drug-likeness (QED) is 0.430. The van der Waals surface area contributed by atoms with E-state index in [-0.39, 0.29) is 11.9 Å². The number of benzene rings is 1. The third-order valence-corrected chi connectivity index (χ3v) is 3.06. The zero-order valence-corrected chi connectivity index (χ0v) is 12.0. The molecule has 1 atom stereocenters. The Morgan fingerprint density at radius 3 is 2.37 bits per heavy atom. The van der Waals surface area contributed by atoms with Crippen molar-refractivity contribution in [3.8, 4) is 0 Å². The number of nitrogens with zero attached hydrogens (tertiary/aromatic N) is 2. The predicted octanol–water partition coefficient (Wildman–Crippen LogP) is 0.601. The second kappa shape index (κ2) is 7.89. The highest BCUT2D eigenvalue weighted by Crippen LogP contribution is 2.19. The molecule has 0 saturated heterocycles. The summed E-state index contributed by atoms with van der Waals surface area (Å²) in [4.78, 5) is 16.1. The molecule has 5 heteroatoms. The molecule has 106 valence electrons. The normalized spacial score (nSPS) is 12.7. The number of carbonyl (C=O) groups is 1. The maximum atomic E-state index is 12.0. The fraction of sp³-hybridized carbons (Fsp3) is 0.500. The summed E-state index contributed by atoms with van der Waals surface area (Å²) in [5.41, 5.74) is 3.21. The van der Waals surface area contributed by atoms with Crippen LogP contribution in [0.15, 0.2) is 30.3 Å². The summed E-state index contributed by atoms with van der Waals surface area (Å²) < 4.78 is 0. The Morgan fingerprint density at radius 2 is 1.84 bits per heavy atom. The lowest BCUT2D eigenvalue weighted by Gasteiger charge is -2.27. The van der Waals surface area contributed by atoms with Gasteiger partial charge >= 0.3 is 0 Å². The average Bonchev–Trinajstić information content (AvgIpc) is 2.39. The van der Waals surface area contributed by atoms with Crippen LogP contribution in [0.5, 0.6) is 0 Å². The van der Waals surface area contributed by atoms with Crippen molar-refractivity contribution in [2.45, 2.75) is 12.5 Å². The van der Waals surface area contributed by atoms with Gasteiger partial charge in [-0.3, -0.25) is 15.1 Å². The fourth-order valence-electron chi connectivity index (χ4n) is 2.09. The summed E-state index contributed by atoms with van der Waals surface area (Å²) in [5.74, 6) is 5.11. The Hall–Kier alpha value is -1.43. The Balaban J connectivity index is 2.72. The molecule has 0 aromatic heterocycles. The molecular formula is C14H24N4O. The largest absolute Gasteiger partial charge is 0.309 e. The topological polar surface area (TPSA) is 61.6 Å². The molecule has 1 aromatic rings. The van der Waals surface area contributed by atoms with Crippen LogP contribution in [0.2, 0.25) is 0 Å². The van der Waals surface area contributed by atoms with Gasteiger partial charge in [-0.25, -0.2) is 5.84 Å². The van der Waals surface area contributed by atoms with Crippen LogP contribution in [0.3, 0.4) is 0 Å².